The average molecular weight is 447 g/mol. The van der Waals surface area contributed by atoms with Crippen molar-refractivity contribution in [1.29, 1.82) is 0 Å². The number of halogens is 2. The molecule has 3 heterocycles. The molecule has 2 aliphatic heterocycles. The van der Waals surface area contributed by atoms with Gasteiger partial charge < -0.3 is 25.0 Å². The monoisotopic (exact) mass is 447 g/mol. The predicted molar refractivity (Wildman–Crippen MR) is 109 cm³/mol. The Balaban J connectivity index is 1.66. The molecule has 0 spiro atoms. The van der Waals surface area contributed by atoms with Gasteiger partial charge >= 0.3 is 0 Å². The Morgan fingerprint density at radius 2 is 1.88 bits per heavy atom. The first-order chi connectivity index (χ1) is 15.2. The summed E-state index contributed by atoms with van der Waals surface area (Å²) in [6, 6.07) is 1.91. The molecule has 2 atom stereocenters. The molecule has 2 aliphatic rings. The summed E-state index contributed by atoms with van der Waals surface area (Å²) in [5.41, 5.74) is -1.65. The van der Waals surface area contributed by atoms with Crippen molar-refractivity contribution in [2.45, 2.75) is 44.9 Å². The topological polar surface area (TPSA) is 112 Å². The van der Waals surface area contributed by atoms with E-state index in [4.69, 9.17) is 0 Å². The molecule has 0 radical (unpaired) electrons. The number of benzene rings is 1. The van der Waals surface area contributed by atoms with E-state index in [1.54, 1.807) is 0 Å². The van der Waals surface area contributed by atoms with Crippen LogP contribution < -0.4 is 10.7 Å². The number of rotatable bonds is 3. The van der Waals surface area contributed by atoms with Crippen molar-refractivity contribution in [2.75, 3.05) is 13.1 Å². The number of aromatic nitrogens is 1. The van der Waals surface area contributed by atoms with Crippen LogP contribution >= 0.6 is 0 Å². The van der Waals surface area contributed by atoms with Crippen molar-refractivity contribution in [1.82, 2.24) is 14.8 Å². The first kappa shape index (κ1) is 21.9. The average Bonchev–Trinajstić information content (AvgIpc) is 2.72. The smallest absolute Gasteiger partial charge is 0.274 e. The Labute approximate surface area is 182 Å². The van der Waals surface area contributed by atoms with Gasteiger partial charge in [0.1, 0.15) is 17.2 Å². The highest BCUT2D eigenvalue weighted by atomic mass is 19.1. The van der Waals surface area contributed by atoms with Crippen LogP contribution in [-0.4, -0.2) is 50.7 Å². The molecule has 0 saturated carbocycles. The summed E-state index contributed by atoms with van der Waals surface area (Å²) < 4.78 is 29.5. The van der Waals surface area contributed by atoms with Gasteiger partial charge in [0.25, 0.3) is 11.8 Å². The number of hydrogen-bond acceptors (Lipinski definition) is 5. The summed E-state index contributed by atoms with van der Waals surface area (Å²) >= 11 is 0. The summed E-state index contributed by atoms with van der Waals surface area (Å²) in [5, 5.41) is 22.8. The predicted octanol–water partition coefficient (Wildman–Crippen LogP) is 1.61. The normalized spacial score (nSPS) is 20.4. The molecule has 1 aromatic carbocycles. The molecule has 1 fully saturated rings. The maximum atomic E-state index is 14.1. The first-order valence-electron chi connectivity index (χ1n) is 10.4. The van der Waals surface area contributed by atoms with Gasteiger partial charge in [0.05, 0.1) is 12.1 Å². The van der Waals surface area contributed by atoms with Gasteiger partial charge in [-0.1, -0.05) is 0 Å². The molecule has 0 aliphatic carbocycles. The number of fused-ring (bicyclic) bond motifs is 4. The van der Waals surface area contributed by atoms with Gasteiger partial charge in [0.15, 0.2) is 11.4 Å². The lowest BCUT2D eigenvalue weighted by molar-refractivity contribution is 0.0521. The third-order valence-electron chi connectivity index (χ3n) is 6.05. The number of carbonyl (C=O) groups is 2. The number of aryl methyl sites for hydroxylation is 1. The highest BCUT2D eigenvalue weighted by molar-refractivity contribution is 5.99. The Hall–Kier alpha value is -3.27. The van der Waals surface area contributed by atoms with E-state index in [-0.39, 0.29) is 17.3 Å². The van der Waals surface area contributed by atoms with Crippen molar-refractivity contribution in [3.63, 3.8) is 0 Å². The van der Waals surface area contributed by atoms with E-state index < -0.39 is 52.8 Å². The summed E-state index contributed by atoms with van der Waals surface area (Å²) in [7, 11) is 0. The van der Waals surface area contributed by atoms with E-state index in [1.807, 2.05) is 0 Å². The van der Waals surface area contributed by atoms with Crippen LogP contribution in [0.4, 0.5) is 8.78 Å². The largest absolute Gasteiger partial charge is 0.503 e. The van der Waals surface area contributed by atoms with Crippen LogP contribution in [0.15, 0.2) is 23.1 Å². The van der Waals surface area contributed by atoms with E-state index in [1.165, 1.54) is 22.6 Å². The van der Waals surface area contributed by atoms with Gasteiger partial charge in [-0.2, -0.15) is 0 Å². The number of nitrogens with one attached hydrogen (secondary N) is 1. The molecule has 2 aromatic rings. The van der Waals surface area contributed by atoms with Gasteiger partial charge in [-0.3, -0.25) is 14.4 Å². The fourth-order valence-electron chi connectivity index (χ4n) is 4.28. The van der Waals surface area contributed by atoms with E-state index in [0.717, 1.165) is 12.1 Å². The lowest BCUT2D eigenvalue weighted by atomic mass is 9.98. The quantitative estimate of drug-likeness (QED) is 0.662. The maximum Gasteiger partial charge on any atom is 0.274 e. The van der Waals surface area contributed by atoms with Crippen molar-refractivity contribution in [2.24, 2.45) is 0 Å². The minimum atomic E-state index is -1.04. The number of pyridine rings is 1. The lowest BCUT2D eigenvalue weighted by Gasteiger charge is -2.39. The zero-order chi connectivity index (χ0) is 23.2. The van der Waals surface area contributed by atoms with E-state index in [0.29, 0.717) is 37.9 Å². The SMILES string of the molecule is Cc1cc(F)c(CNC(=O)c2cn3c(c(O)c2=O)C(=O)N2CCC(O)CCC3C2)c(F)c1. The number of nitrogens with zero attached hydrogens (tertiary/aromatic N) is 2. The minimum Gasteiger partial charge on any atom is -0.503 e. The molecule has 170 valence electrons. The van der Waals surface area contributed by atoms with Crippen LogP contribution in [0.1, 0.15) is 57.3 Å². The summed E-state index contributed by atoms with van der Waals surface area (Å²) in [5.74, 6) is -3.98. The second kappa shape index (κ2) is 8.34. The highest BCUT2D eigenvalue weighted by Gasteiger charge is 2.36. The van der Waals surface area contributed by atoms with Crippen LogP contribution in [0.2, 0.25) is 0 Å². The van der Waals surface area contributed by atoms with Gasteiger partial charge in [-0.25, -0.2) is 8.78 Å². The number of carbonyl (C=O) groups excluding carboxylic acids is 2. The van der Waals surface area contributed by atoms with Crippen LogP contribution in [0, 0.1) is 18.6 Å². The third kappa shape index (κ3) is 3.86. The lowest BCUT2D eigenvalue weighted by Crippen LogP contribution is -2.47. The third-order valence-corrected chi connectivity index (χ3v) is 6.05. The molecule has 1 aromatic heterocycles. The molecule has 3 N–H and O–H groups in total. The van der Waals surface area contributed by atoms with Crippen molar-refractivity contribution in [3.8, 4) is 5.75 Å². The summed E-state index contributed by atoms with van der Waals surface area (Å²) in [6.07, 6.45) is 1.95. The fraction of sp³-hybridized carbons (Fsp3) is 0.409. The van der Waals surface area contributed by atoms with Crippen LogP contribution in [0.5, 0.6) is 5.75 Å². The Morgan fingerprint density at radius 3 is 2.56 bits per heavy atom. The molecule has 1 saturated heterocycles. The Morgan fingerprint density at radius 1 is 1.19 bits per heavy atom. The van der Waals surface area contributed by atoms with Crippen molar-refractivity contribution in [3.05, 3.63) is 62.6 Å². The summed E-state index contributed by atoms with van der Waals surface area (Å²) in [6.45, 7) is 1.64. The van der Waals surface area contributed by atoms with Crippen LogP contribution in [0.3, 0.4) is 0 Å². The van der Waals surface area contributed by atoms with E-state index in [9.17, 15) is 33.4 Å². The van der Waals surface area contributed by atoms with Gasteiger partial charge in [-0.05, 0) is 43.9 Å². The van der Waals surface area contributed by atoms with E-state index >= 15 is 0 Å². The Bertz CT molecular complexity index is 1140. The number of hydrogen-bond donors (Lipinski definition) is 3. The fourth-order valence-corrected chi connectivity index (χ4v) is 4.28. The molecular formula is C22H23F2N3O5. The molecule has 2 bridgehead atoms. The molecule has 2 unspecified atom stereocenters. The van der Waals surface area contributed by atoms with Crippen LogP contribution in [0.25, 0.3) is 0 Å². The maximum absolute atomic E-state index is 14.1. The molecule has 4 rings (SSSR count). The van der Waals surface area contributed by atoms with Crippen LogP contribution in [-0.2, 0) is 6.54 Å². The molecular weight excluding hydrogens is 424 g/mol. The van der Waals surface area contributed by atoms with Crippen molar-refractivity contribution >= 4 is 11.8 Å². The zero-order valence-electron chi connectivity index (χ0n) is 17.4. The second-order valence-electron chi connectivity index (χ2n) is 8.29. The van der Waals surface area contributed by atoms with Gasteiger partial charge in [0, 0.05) is 31.4 Å². The standard InChI is InChI=1S/C22H23F2N3O5/c1-11-6-16(23)14(17(24)7-11)8-25-21(31)15-10-27-12-2-3-13(28)4-5-26(9-12)22(32)18(27)20(30)19(15)29/h6-7,10,12-13,28,30H,2-5,8-9H2,1H3,(H,25,31). The Kier molecular flexibility index (Phi) is 5.72. The van der Waals surface area contributed by atoms with E-state index in [2.05, 4.69) is 5.32 Å². The van der Waals surface area contributed by atoms with Gasteiger partial charge in [0.2, 0.25) is 5.43 Å². The van der Waals surface area contributed by atoms with Gasteiger partial charge in [-0.15, -0.1) is 0 Å². The number of aliphatic hydroxyl groups excluding tert-OH is 1. The number of aromatic hydroxyl groups is 1. The zero-order valence-corrected chi connectivity index (χ0v) is 17.4. The molecule has 10 heteroatoms. The highest BCUT2D eigenvalue weighted by Crippen LogP contribution is 2.31. The number of amides is 2. The minimum absolute atomic E-state index is 0.199. The molecule has 8 nitrogen and oxygen atoms in total. The first-order valence-corrected chi connectivity index (χ1v) is 10.4. The van der Waals surface area contributed by atoms with Crippen molar-refractivity contribution < 1.29 is 28.6 Å². The second-order valence-corrected chi connectivity index (χ2v) is 8.29. The summed E-state index contributed by atoms with van der Waals surface area (Å²) in [4.78, 5) is 39.6. The molecule has 2 amide bonds. The number of aliphatic hydroxyl groups is 1. The molecule has 32 heavy (non-hydrogen) atoms.